The maximum absolute atomic E-state index is 11.6. The van der Waals surface area contributed by atoms with Gasteiger partial charge in [0.1, 0.15) is 9.84 Å². The topological polar surface area (TPSA) is 66.5 Å². The van der Waals surface area contributed by atoms with Crippen molar-refractivity contribution < 1.29 is 13.2 Å². The van der Waals surface area contributed by atoms with E-state index in [1.165, 1.54) is 6.26 Å². The van der Waals surface area contributed by atoms with Crippen LogP contribution in [0, 0.1) is 0 Å². The predicted molar refractivity (Wildman–Crippen MR) is 67.6 cm³/mol. The Morgan fingerprint density at radius 3 is 2.47 bits per heavy atom. The molecule has 1 aliphatic carbocycles. The smallest absolute Gasteiger partial charge is 0.234 e. The van der Waals surface area contributed by atoms with Crippen LogP contribution >= 0.6 is 0 Å². The van der Waals surface area contributed by atoms with Gasteiger partial charge in [-0.1, -0.05) is 6.92 Å². The molecule has 17 heavy (non-hydrogen) atoms. The molecule has 1 rings (SSSR count). The van der Waals surface area contributed by atoms with E-state index in [9.17, 15) is 13.2 Å². The molecule has 1 saturated carbocycles. The first-order chi connectivity index (χ1) is 7.81. The normalized spacial score (nSPS) is 18.1. The van der Waals surface area contributed by atoms with Gasteiger partial charge in [0.25, 0.3) is 0 Å². The fraction of sp³-hybridized carbons (Fsp3) is 0.909. The van der Waals surface area contributed by atoms with E-state index in [2.05, 4.69) is 5.32 Å². The van der Waals surface area contributed by atoms with Crippen molar-refractivity contribution in [2.45, 2.75) is 38.8 Å². The molecule has 0 aromatic heterocycles. The van der Waals surface area contributed by atoms with Crippen molar-refractivity contribution in [3.05, 3.63) is 0 Å². The molecule has 1 fully saturated rings. The summed E-state index contributed by atoms with van der Waals surface area (Å²) in [6.45, 7) is 4.73. The fourth-order valence-electron chi connectivity index (χ4n) is 1.81. The minimum absolute atomic E-state index is 0.00491. The van der Waals surface area contributed by atoms with Crippen LogP contribution < -0.4 is 5.32 Å². The summed E-state index contributed by atoms with van der Waals surface area (Å²) in [4.78, 5) is 13.5. The zero-order valence-corrected chi connectivity index (χ0v) is 11.6. The van der Waals surface area contributed by atoms with E-state index in [0.29, 0.717) is 12.6 Å². The molecule has 5 nitrogen and oxygen atoms in total. The van der Waals surface area contributed by atoms with Crippen molar-refractivity contribution in [2.24, 2.45) is 0 Å². The highest BCUT2D eigenvalue weighted by Gasteiger charge is 2.25. The second-order valence-corrected chi connectivity index (χ2v) is 7.03. The Bertz CT molecular complexity index is 363. The average Bonchev–Trinajstić information content (AvgIpc) is 2.94. The van der Waals surface area contributed by atoms with Gasteiger partial charge in [0.15, 0.2) is 0 Å². The number of sulfone groups is 1. The lowest BCUT2D eigenvalue weighted by Crippen LogP contribution is -2.44. The zero-order chi connectivity index (χ0) is 13.1. The molecule has 0 aromatic carbocycles. The first-order valence-electron chi connectivity index (χ1n) is 6.03. The van der Waals surface area contributed by atoms with E-state index >= 15 is 0 Å². The number of nitrogens with one attached hydrogen (secondary N) is 1. The molecule has 0 bridgehead atoms. The molecule has 0 aliphatic heterocycles. The third-order valence-electron chi connectivity index (χ3n) is 2.86. The standard InChI is InChI=1S/C11H22N2O3S/c1-4-13(9(2)8-17(3,15)16)7-11(14)12-10-5-6-10/h9-10H,4-8H2,1-3H3,(H,12,14). The largest absolute Gasteiger partial charge is 0.352 e. The van der Waals surface area contributed by atoms with Crippen LogP contribution in [-0.4, -0.2) is 56.4 Å². The van der Waals surface area contributed by atoms with Crippen LogP contribution in [0.5, 0.6) is 0 Å². The number of hydrogen-bond donors (Lipinski definition) is 1. The van der Waals surface area contributed by atoms with Gasteiger partial charge in [0.05, 0.1) is 12.3 Å². The molecular formula is C11H22N2O3S. The van der Waals surface area contributed by atoms with Crippen LogP contribution in [0.3, 0.4) is 0 Å². The summed E-state index contributed by atoms with van der Waals surface area (Å²) in [7, 11) is -3.00. The van der Waals surface area contributed by atoms with Gasteiger partial charge in [-0.25, -0.2) is 8.42 Å². The van der Waals surface area contributed by atoms with Crippen LogP contribution in [0.15, 0.2) is 0 Å². The molecule has 100 valence electrons. The first kappa shape index (κ1) is 14.4. The zero-order valence-electron chi connectivity index (χ0n) is 10.8. The van der Waals surface area contributed by atoms with Gasteiger partial charge in [0.2, 0.25) is 5.91 Å². The predicted octanol–water partition coefficient (Wildman–Crippen LogP) is 0.0200. The Morgan fingerprint density at radius 2 is 2.06 bits per heavy atom. The Balaban J connectivity index is 2.42. The summed E-state index contributed by atoms with van der Waals surface area (Å²) in [6.07, 6.45) is 3.36. The number of rotatable bonds is 7. The molecule has 1 N–H and O–H groups in total. The molecule has 1 unspecified atom stereocenters. The van der Waals surface area contributed by atoms with Crippen molar-refractivity contribution in [3.63, 3.8) is 0 Å². The van der Waals surface area contributed by atoms with Gasteiger partial charge in [-0.05, 0) is 26.3 Å². The number of nitrogens with zero attached hydrogens (tertiary/aromatic N) is 1. The Kier molecular flexibility index (Phi) is 4.94. The van der Waals surface area contributed by atoms with Crippen molar-refractivity contribution in [2.75, 3.05) is 25.1 Å². The van der Waals surface area contributed by atoms with Crippen LogP contribution in [0.2, 0.25) is 0 Å². The summed E-state index contributed by atoms with van der Waals surface area (Å²) in [6, 6.07) is 0.228. The second kappa shape index (κ2) is 5.82. The highest BCUT2D eigenvalue weighted by molar-refractivity contribution is 7.90. The molecule has 6 heteroatoms. The molecule has 0 saturated heterocycles. The van der Waals surface area contributed by atoms with Gasteiger partial charge >= 0.3 is 0 Å². The Hall–Kier alpha value is -0.620. The average molecular weight is 262 g/mol. The lowest BCUT2D eigenvalue weighted by atomic mass is 10.3. The third kappa shape index (κ3) is 6.02. The maximum atomic E-state index is 11.6. The number of carbonyl (C=O) groups excluding carboxylic acids is 1. The Morgan fingerprint density at radius 1 is 1.47 bits per heavy atom. The third-order valence-corrected chi connectivity index (χ3v) is 3.95. The SMILES string of the molecule is CCN(CC(=O)NC1CC1)C(C)CS(C)(=O)=O. The van der Waals surface area contributed by atoms with E-state index in [1.54, 1.807) is 0 Å². The minimum Gasteiger partial charge on any atom is -0.352 e. The Labute approximate surface area is 103 Å². The lowest BCUT2D eigenvalue weighted by molar-refractivity contribution is -0.122. The molecule has 1 amide bonds. The summed E-state index contributed by atoms with van der Waals surface area (Å²) >= 11 is 0. The molecule has 1 aliphatic rings. The highest BCUT2D eigenvalue weighted by Crippen LogP contribution is 2.18. The monoisotopic (exact) mass is 262 g/mol. The molecule has 0 aromatic rings. The van der Waals surface area contributed by atoms with Gasteiger partial charge in [-0.15, -0.1) is 0 Å². The van der Waals surface area contributed by atoms with E-state index in [0.717, 1.165) is 12.8 Å². The first-order valence-corrected chi connectivity index (χ1v) is 8.09. The quantitative estimate of drug-likeness (QED) is 0.702. The second-order valence-electron chi connectivity index (χ2n) is 4.85. The van der Waals surface area contributed by atoms with Crippen molar-refractivity contribution in [3.8, 4) is 0 Å². The van der Waals surface area contributed by atoms with Crippen molar-refractivity contribution in [1.82, 2.24) is 10.2 Å². The van der Waals surface area contributed by atoms with Gasteiger partial charge in [-0.2, -0.15) is 0 Å². The summed E-state index contributed by atoms with van der Waals surface area (Å²) < 4.78 is 22.4. The molecular weight excluding hydrogens is 240 g/mol. The molecule has 0 heterocycles. The number of hydrogen-bond acceptors (Lipinski definition) is 4. The van der Waals surface area contributed by atoms with Crippen LogP contribution in [-0.2, 0) is 14.6 Å². The summed E-state index contributed by atoms with van der Waals surface area (Å²) in [5.41, 5.74) is 0. The van der Waals surface area contributed by atoms with Crippen molar-refractivity contribution >= 4 is 15.7 Å². The molecule has 0 spiro atoms. The highest BCUT2D eigenvalue weighted by atomic mass is 32.2. The van der Waals surface area contributed by atoms with E-state index in [-0.39, 0.29) is 24.2 Å². The van der Waals surface area contributed by atoms with Gasteiger partial charge < -0.3 is 5.32 Å². The van der Waals surface area contributed by atoms with Crippen molar-refractivity contribution in [1.29, 1.82) is 0 Å². The fourth-order valence-corrected chi connectivity index (χ4v) is 2.90. The molecule has 0 radical (unpaired) electrons. The molecule has 1 atom stereocenters. The van der Waals surface area contributed by atoms with Gasteiger partial charge in [-0.3, -0.25) is 9.69 Å². The van der Waals surface area contributed by atoms with E-state index in [1.807, 2.05) is 18.7 Å². The lowest BCUT2D eigenvalue weighted by Gasteiger charge is -2.26. The van der Waals surface area contributed by atoms with Gasteiger partial charge in [0, 0.05) is 18.3 Å². The van der Waals surface area contributed by atoms with Crippen LogP contribution in [0.25, 0.3) is 0 Å². The summed E-state index contributed by atoms with van der Waals surface area (Å²) in [5.74, 6) is 0.0899. The minimum atomic E-state index is -3.00. The maximum Gasteiger partial charge on any atom is 0.234 e. The summed E-state index contributed by atoms with van der Waals surface area (Å²) in [5, 5.41) is 2.91. The number of carbonyl (C=O) groups is 1. The number of amides is 1. The number of likely N-dealkylation sites (N-methyl/N-ethyl adjacent to an activating group) is 1. The van der Waals surface area contributed by atoms with E-state index in [4.69, 9.17) is 0 Å². The van der Waals surface area contributed by atoms with Crippen LogP contribution in [0.4, 0.5) is 0 Å². The van der Waals surface area contributed by atoms with E-state index < -0.39 is 9.84 Å². The van der Waals surface area contributed by atoms with Crippen LogP contribution in [0.1, 0.15) is 26.7 Å².